The summed E-state index contributed by atoms with van der Waals surface area (Å²) in [5.41, 5.74) is 0.635. The largest absolute Gasteiger partial charge is 0.481 e. The van der Waals surface area contributed by atoms with E-state index in [4.69, 9.17) is 4.74 Å². The van der Waals surface area contributed by atoms with Gasteiger partial charge in [0.2, 0.25) is 5.88 Å². The Balaban J connectivity index is 2.70. The van der Waals surface area contributed by atoms with Crippen molar-refractivity contribution < 1.29 is 4.74 Å². The number of hydrogen-bond acceptors (Lipinski definition) is 6. The molecule has 2 heterocycles. The number of rotatable bonds is 2. The van der Waals surface area contributed by atoms with Crippen molar-refractivity contribution in [3.8, 4) is 5.88 Å². The third kappa shape index (κ3) is 1.31. The van der Waals surface area contributed by atoms with E-state index in [-0.39, 0.29) is 0 Å². The first kappa shape index (κ1) is 8.24. The SMILES string of the molecule is COc1cc2nnnn2c(SC)n1. The predicted molar refractivity (Wildman–Crippen MR) is 46.9 cm³/mol. The summed E-state index contributed by atoms with van der Waals surface area (Å²) < 4.78 is 6.56. The van der Waals surface area contributed by atoms with Crippen molar-refractivity contribution in [2.75, 3.05) is 13.4 Å². The molecule has 0 aromatic carbocycles. The molecule has 0 unspecified atom stereocenters. The van der Waals surface area contributed by atoms with E-state index in [0.717, 1.165) is 0 Å². The summed E-state index contributed by atoms with van der Waals surface area (Å²) in [6.45, 7) is 0. The maximum atomic E-state index is 5.00. The van der Waals surface area contributed by atoms with E-state index < -0.39 is 0 Å². The molecule has 0 aliphatic carbocycles. The number of thioether (sulfide) groups is 1. The van der Waals surface area contributed by atoms with Gasteiger partial charge in [-0.15, -0.1) is 5.10 Å². The summed E-state index contributed by atoms with van der Waals surface area (Å²) in [5, 5.41) is 11.8. The molecule has 0 amide bonds. The third-order valence-corrected chi connectivity index (χ3v) is 2.15. The summed E-state index contributed by atoms with van der Waals surface area (Å²) in [6, 6.07) is 1.68. The summed E-state index contributed by atoms with van der Waals surface area (Å²) in [5.74, 6) is 0.520. The number of methoxy groups -OCH3 is 1. The summed E-state index contributed by atoms with van der Waals surface area (Å²) in [4.78, 5) is 4.17. The minimum Gasteiger partial charge on any atom is -0.481 e. The smallest absolute Gasteiger partial charge is 0.219 e. The highest BCUT2D eigenvalue weighted by Crippen LogP contribution is 2.17. The molecular formula is C6H7N5OS. The monoisotopic (exact) mass is 197 g/mol. The van der Waals surface area contributed by atoms with Crippen LogP contribution in [0.3, 0.4) is 0 Å². The first-order valence-electron chi connectivity index (χ1n) is 3.52. The first-order chi connectivity index (χ1) is 6.35. The van der Waals surface area contributed by atoms with Crippen LogP contribution in [0.5, 0.6) is 5.88 Å². The van der Waals surface area contributed by atoms with E-state index in [9.17, 15) is 0 Å². The molecule has 0 saturated carbocycles. The van der Waals surface area contributed by atoms with Gasteiger partial charge >= 0.3 is 0 Å². The molecule has 6 nitrogen and oxygen atoms in total. The maximum Gasteiger partial charge on any atom is 0.219 e. The lowest BCUT2D eigenvalue weighted by atomic mass is 10.6. The van der Waals surface area contributed by atoms with Crippen molar-refractivity contribution >= 4 is 17.4 Å². The van der Waals surface area contributed by atoms with Gasteiger partial charge in [0.05, 0.1) is 7.11 Å². The van der Waals surface area contributed by atoms with Crippen LogP contribution < -0.4 is 4.74 Å². The number of aromatic nitrogens is 5. The zero-order valence-electron chi connectivity index (χ0n) is 7.13. The number of hydrogen-bond donors (Lipinski definition) is 0. The Kier molecular flexibility index (Phi) is 2.01. The predicted octanol–water partition coefficient (Wildman–Crippen LogP) is 0.250. The van der Waals surface area contributed by atoms with Crippen molar-refractivity contribution in [3.63, 3.8) is 0 Å². The molecule has 0 aliphatic rings. The zero-order valence-corrected chi connectivity index (χ0v) is 7.95. The Morgan fingerprint density at radius 2 is 2.38 bits per heavy atom. The van der Waals surface area contributed by atoms with Crippen LogP contribution >= 0.6 is 11.8 Å². The lowest BCUT2D eigenvalue weighted by Crippen LogP contribution is -1.98. The Hall–Kier alpha value is -1.37. The second-order valence-electron chi connectivity index (χ2n) is 2.23. The zero-order chi connectivity index (χ0) is 9.26. The van der Waals surface area contributed by atoms with E-state index in [1.165, 1.54) is 11.8 Å². The molecular weight excluding hydrogens is 190 g/mol. The van der Waals surface area contributed by atoms with Gasteiger partial charge in [0.1, 0.15) is 0 Å². The highest BCUT2D eigenvalue weighted by Gasteiger charge is 2.07. The van der Waals surface area contributed by atoms with E-state index in [1.807, 2.05) is 6.26 Å². The van der Waals surface area contributed by atoms with Crippen LogP contribution in [0, 0.1) is 0 Å². The molecule has 13 heavy (non-hydrogen) atoms. The Bertz CT molecular complexity index is 428. The lowest BCUT2D eigenvalue weighted by Gasteiger charge is -2.01. The quantitative estimate of drug-likeness (QED) is 0.508. The number of nitrogens with zero attached hydrogens (tertiary/aromatic N) is 5. The first-order valence-corrected chi connectivity index (χ1v) is 4.74. The van der Waals surface area contributed by atoms with Gasteiger partial charge in [-0.2, -0.15) is 9.50 Å². The third-order valence-electron chi connectivity index (χ3n) is 1.52. The minimum absolute atomic E-state index is 0.520. The average Bonchev–Trinajstić information content (AvgIpc) is 2.63. The number of ether oxygens (including phenoxy) is 1. The minimum atomic E-state index is 0.520. The summed E-state index contributed by atoms with van der Waals surface area (Å²) in [7, 11) is 1.56. The van der Waals surface area contributed by atoms with Crippen LogP contribution in [0.15, 0.2) is 11.2 Å². The molecule has 0 saturated heterocycles. The van der Waals surface area contributed by atoms with Gasteiger partial charge in [0.15, 0.2) is 10.8 Å². The van der Waals surface area contributed by atoms with Crippen LogP contribution in [-0.2, 0) is 0 Å². The molecule has 2 rings (SSSR count). The van der Waals surface area contributed by atoms with Gasteiger partial charge in [-0.05, 0) is 16.7 Å². The van der Waals surface area contributed by atoms with E-state index in [0.29, 0.717) is 16.7 Å². The van der Waals surface area contributed by atoms with E-state index in [2.05, 4.69) is 20.5 Å². The van der Waals surface area contributed by atoms with Crippen LogP contribution in [0.2, 0.25) is 0 Å². The van der Waals surface area contributed by atoms with Gasteiger partial charge in [0, 0.05) is 6.07 Å². The van der Waals surface area contributed by atoms with Gasteiger partial charge in [-0.25, -0.2) is 0 Å². The average molecular weight is 197 g/mol. The van der Waals surface area contributed by atoms with Crippen LogP contribution in [-0.4, -0.2) is 38.4 Å². The molecule has 2 aromatic rings. The van der Waals surface area contributed by atoms with E-state index >= 15 is 0 Å². The van der Waals surface area contributed by atoms with Gasteiger partial charge < -0.3 is 4.74 Å². The summed E-state index contributed by atoms with van der Waals surface area (Å²) >= 11 is 1.46. The number of tetrazole rings is 1. The fourth-order valence-corrected chi connectivity index (χ4v) is 1.43. The molecule has 0 bridgehead atoms. The van der Waals surface area contributed by atoms with Gasteiger partial charge in [0.25, 0.3) is 0 Å². The number of fused-ring (bicyclic) bond motifs is 1. The highest BCUT2D eigenvalue weighted by molar-refractivity contribution is 7.98. The molecule has 68 valence electrons. The van der Waals surface area contributed by atoms with Crippen molar-refractivity contribution in [3.05, 3.63) is 6.07 Å². The second kappa shape index (κ2) is 3.17. The topological polar surface area (TPSA) is 65.2 Å². The lowest BCUT2D eigenvalue weighted by molar-refractivity contribution is 0.391. The normalized spacial score (nSPS) is 10.6. The summed E-state index contributed by atoms with van der Waals surface area (Å²) in [6.07, 6.45) is 1.91. The van der Waals surface area contributed by atoms with Gasteiger partial charge in [-0.3, -0.25) is 0 Å². The molecule has 0 fully saturated rings. The molecule has 0 atom stereocenters. The van der Waals surface area contributed by atoms with Crippen LogP contribution in [0.25, 0.3) is 5.65 Å². The van der Waals surface area contributed by atoms with Crippen LogP contribution in [0.4, 0.5) is 0 Å². The van der Waals surface area contributed by atoms with Gasteiger partial charge in [-0.1, -0.05) is 11.8 Å². The fraction of sp³-hybridized carbons (Fsp3) is 0.333. The Morgan fingerprint density at radius 3 is 3.08 bits per heavy atom. The molecule has 2 aromatic heterocycles. The Labute approximate surface area is 78.3 Å². The second-order valence-corrected chi connectivity index (χ2v) is 3.01. The van der Waals surface area contributed by atoms with Crippen molar-refractivity contribution in [2.45, 2.75) is 5.16 Å². The highest BCUT2D eigenvalue weighted by atomic mass is 32.2. The van der Waals surface area contributed by atoms with Crippen LogP contribution in [0.1, 0.15) is 0 Å². The molecule has 0 spiro atoms. The maximum absolute atomic E-state index is 5.00. The molecule has 7 heteroatoms. The van der Waals surface area contributed by atoms with Crippen molar-refractivity contribution in [1.82, 2.24) is 25.0 Å². The molecule has 0 N–H and O–H groups in total. The molecule has 0 aliphatic heterocycles. The van der Waals surface area contributed by atoms with Crippen molar-refractivity contribution in [1.29, 1.82) is 0 Å². The van der Waals surface area contributed by atoms with E-state index in [1.54, 1.807) is 17.7 Å². The van der Waals surface area contributed by atoms with Crippen molar-refractivity contribution in [2.24, 2.45) is 0 Å². The fourth-order valence-electron chi connectivity index (χ4n) is 0.941. The standard InChI is InChI=1S/C6H7N5OS/c1-12-5-3-4-8-9-10-11(4)6(7-5)13-2/h3H,1-2H3. The molecule has 0 radical (unpaired) electrons. The Morgan fingerprint density at radius 1 is 1.54 bits per heavy atom.